The lowest BCUT2D eigenvalue weighted by Gasteiger charge is -2.29. The number of likely N-dealkylation sites (tertiary alicyclic amines) is 1. The average Bonchev–Trinajstić information content (AvgIpc) is 3.51. The molecular weight excluding hydrogens is 292 g/mol. The molecule has 0 aromatic carbocycles. The van der Waals surface area contributed by atoms with Gasteiger partial charge in [-0.15, -0.1) is 0 Å². The Labute approximate surface area is 134 Å². The number of hydrogen-bond donors (Lipinski definition) is 1. The Morgan fingerprint density at radius 1 is 0.957 bits per heavy atom. The minimum atomic E-state index is 0.513. The van der Waals surface area contributed by atoms with E-state index in [1.807, 2.05) is 0 Å². The summed E-state index contributed by atoms with van der Waals surface area (Å²) in [4.78, 5) is 11.6. The summed E-state index contributed by atoms with van der Waals surface area (Å²) in [5.41, 5.74) is 0. The zero-order chi connectivity index (χ0) is 15.2. The molecule has 1 saturated heterocycles. The van der Waals surface area contributed by atoms with Gasteiger partial charge in [0.25, 0.3) is 0 Å². The van der Waals surface area contributed by atoms with Crippen molar-refractivity contribution in [2.24, 2.45) is 0 Å². The summed E-state index contributed by atoms with van der Waals surface area (Å²) in [7, 11) is 0. The molecule has 0 atom stereocenters. The highest BCUT2D eigenvalue weighted by Crippen LogP contribution is 2.39. The molecule has 23 heavy (non-hydrogen) atoms. The number of H-pyrrole nitrogens is 1. The van der Waals surface area contributed by atoms with Crippen LogP contribution >= 0.6 is 0 Å². The molecule has 3 fully saturated rings. The molecule has 0 spiro atoms. The van der Waals surface area contributed by atoms with Crippen molar-refractivity contribution in [1.82, 2.24) is 30.2 Å². The first-order chi connectivity index (χ1) is 11.3. The van der Waals surface area contributed by atoms with Crippen LogP contribution in [-0.2, 0) is 6.54 Å². The fourth-order valence-corrected chi connectivity index (χ4v) is 3.39. The predicted molar refractivity (Wildman–Crippen MR) is 81.9 cm³/mol. The Hall–Kier alpha value is -1.76. The second-order valence-corrected chi connectivity index (χ2v) is 7.23. The van der Waals surface area contributed by atoms with Gasteiger partial charge in [-0.2, -0.15) is 10.1 Å². The van der Waals surface area contributed by atoms with Crippen molar-refractivity contribution in [3.05, 3.63) is 23.4 Å². The molecule has 122 valence electrons. The Kier molecular flexibility index (Phi) is 3.21. The van der Waals surface area contributed by atoms with Gasteiger partial charge in [-0.05, 0) is 51.6 Å². The maximum Gasteiger partial charge on any atom is 0.229 e. The van der Waals surface area contributed by atoms with Crippen LogP contribution in [0.2, 0.25) is 0 Å². The number of aromatic amines is 1. The van der Waals surface area contributed by atoms with Crippen molar-refractivity contribution in [1.29, 1.82) is 0 Å². The van der Waals surface area contributed by atoms with Crippen LogP contribution < -0.4 is 0 Å². The van der Waals surface area contributed by atoms with Gasteiger partial charge in [-0.3, -0.25) is 10.00 Å². The third-order valence-corrected chi connectivity index (χ3v) is 5.21. The molecule has 7 heteroatoms. The zero-order valence-corrected chi connectivity index (χ0v) is 13.2. The topological polar surface area (TPSA) is 83.7 Å². The molecule has 2 aromatic heterocycles. The van der Waals surface area contributed by atoms with Crippen LogP contribution in [0.25, 0.3) is 0 Å². The van der Waals surface area contributed by atoms with Gasteiger partial charge in [0.15, 0.2) is 11.6 Å². The molecule has 2 saturated carbocycles. The van der Waals surface area contributed by atoms with Crippen molar-refractivity contribution < 1.29 is 4.52 Å². The molecule has 2 aliphatic carbocycles. The lowest BCUT2D eigenvalue weighted by molar-refractivity contribution is 0.195. The van der Waals surface area contributed by atoms with Crippen LogP contribution in [0, 0.1) is 0 Å². The number of hydrogen-bond acceptors (Lipinski definition) is 6. The number of rotatable bonds is 5. The number of nitrogens with one attached hydrogen (secondary N) is 1. The molecule has 1 aliphatic heterocycles. The normalized spacial score (nSPS) is 23.5. The fraction of sp³-hybridized carbons (Fsp3) is 0.750. The molecule has 3 aliphatic rings. The largest absolute Gasteiger partial charge is 0.339 e. The van der Waals surface area contributed by atoms with Crippen molar-refractivity contribution in [2.45, 2.75) is 62.8 Å². The maximum atomic E-state index is 5.34. The summed E-state index contributed by atoms with van der Waals surface area (Å²) in [6.07, 6.45) is 7.14. The van der Waals surface area contributed by atoms with Gasteiger partial charge in [0.05, 0.1) is 6.54 Å². The highest BCUT2D eigenvalue weighted by molar-refractivity contribution is 5.08. The molecule has 0 radical (unpaired) electrons. The number of aromatic nitrogens is 5. The summed E-state index contributed by atoms with van der Waals surface area (Å²) in [5.74, 6) is 5.46. The second kappa shape index (κ2) is 5.40. The van der Waals surface area contributed by atoms with E-state index in [1.54, 1.807) is 0 Å². The highest BCUT2D eigenvalue weighted by Gasteiger charge is 2.31. The Morgan fingerprint density at radius 3 is 2.48 bits per heavy atom. The van der Waals surface area contributed by atoms with E-state index in [0.29, 0.717) is 17.8 Å². The monoisotopic (exact) mass is 314 g/mol. The molecule has 1 N–H and O–H groups in total. The van der Waals surface area contributed by atoms with E-state index in [0.717, 1.165) is 55.8 Å². The Bertz CT molecular complexity index is 678. The summed E-state index contributed by atoms with van der Waals surface area (Å²) in [6.45, 7) is 2.90. The fourth-order valence-electron chi connectivity index (χ4n) is 3.39. The van der Waals surface area contributed by atoms with Crippen molar-refractivity contribution in [2.75, 3.05) is 13.1 Å². The van der Waals surface area contributed by atoms with Crippen molar-refractivity contribution in [3.8, 4) is 0 Å². The van der Waals surface area contributed by atoms with E-state index >= 15 is 0 Å². The van der Waals surface area contributed by atoms with Gasteiger partial charge in [-0.25, -0.2) is 4.98 Å². The summed E-state index contributed by atoms with van der Waals surface area (Å²) in [5, 5.41) is 11.7. The maximum absolute atomic E-state index is 5.34. The quantitative estimate of drug-likeness (QED) is 0.912. The van der Waals surface area contributed by atoms with Gasteiger partial charge in [0, 0.05) is 17.8 Å². The molecular formula is C16H22N6O. The Balaban J connectivity index is 1.16. The smallest absolute Gasteiger partial charge is 0.229 e. The molecule has 0 amide bonds. The van der Waals surface area contributed by atoms with E-state index in [-0.39, 0.29) is 0 Å². The van der Waals surface area contributed by atoms with Gasteiger partial charge in [0.2, 0.25) is 5.89 Å². The standard InChI is InChI=1S/C16H22N6O/c1-2-10(1)14-18-15(20-19-14)11-5-7-22(8-6-11)9-13-17-16(23-21-13)12-3-4-12/h10-12H,1-9H2,(H,18,19,20). The lowest BCUT2D eigenvalue weighted by Crippen LogP contribution is -2.33. The molecule has 0 bridgehead atoms. The predicted octanol–water partition coefficient (Wildman–Crippen LogP) is 2.32. The number of piperidine rings is 1. The summed E-state index contributed by atoms with van der Waals surface area (Å²) in [6, 6.07) is 0. The minimum Gasteiger partial charge on any atom is -0.339 e. The van der Waals surface area contributed by atoms with Gasteiger partial charge < -0.3 is 4.52 Å². The molecule has 3 heterocycles. The lowest BCUT2D eigenvalue weighted by atomic mass is 9.96. The van der Waals surface area contributed by atoms with Crippen LogP contribution in [0.5, 0.6) is 0 Å². The van der Waals surface area contributed by atoms with Crippen LogP contribution in [0.15, 0.2) is 4.52 Å². The van der Waals surface area contributed by atoms with Gasteiger partial charge in [-0.1, -0.05) is 5.16 Å². The first kappa shape index (κ1) is 13.7. The van der Waals surface area contributed by atoms with Gasteiger partial charge >= 0.3 is 0 Å². The average molecular weight is 314 g/mol. The molecule has 7 nitrogen and oxygen atoms in total. The third kappa shape index (κ3) is 2.89. The van der Waals surface area contributed by atoms with E-state index in [2.05, 4.69) is 25.2 Å². The summed E-state index contributed by atoms with van der Waals surface area (Å²) >= 11 is 0. The first-order valence-electron chi connectivity index (χ1n) is 8.82. The highest BCUT2D eigenvalue weighted by atomic mass is 16.5. The molecule has 5 rings (SSSR count). The molecule has 0 unspecified atom stereocenters. The van der Waals surface area contributed by atoms with Gasteiger partial charge in [0.1, 0.15) is 5.82 Å². The van der Waals surface area contributed by atoms with E-state index in [9.17, 15) is 0 Å². The third-order valence-electron chi connectivity index (χ3n) is 5.21. The SMILES string of the molecule is C1CC1c1n[nH]c(C2CCN(Cc3noc(C4CC4)n3)CC2)n1. The summed E-state index contributed by atoms with van der Waals surface area (Å²) < 4.78 is 5.34. The van der Waals surface area contributed by atoms with E-state index in [1.165, 1.54) is 25.7 Å². The van der Waals surface area contributed by atoms with Crippen LogP contribution in [0.1, 0.15) is 79.6 Å². The van der Waals surface area contributed by atoms with Crippen LogP contribution in [-0.4, -0.2) is 43.3 Å². The van der Waals surface area contributed by atoms with Crippen LogP contribution in [0.4, 0.5) is 0 Å². The molecule has 2 aromatic rings. The number of nitrogens with zero attached hydrogens (tertiary/aromatic N) is 5. The second-order valence-electron chi connectivity index (χ2n) is 7.23. The van der Waals surface area contributed by atoms with Crippen molar-refractivity contribution >= 4 is 0 Å². The Morgan fingerprint density at radius 2 is 1.74 bits per heavy atom. The zero-order valence-electron chi connectivity index (χ0n) is 13.2. The minimum absolute atomic E-state index is 0.513. The van der Waals surface area contributed by atoms with E-state index in [4.69, 9.17) is 9.51 Å². The van der Waals surface area contributed by atoms with Crippen molar-refractivity contribution in [3.63, 3.8) is 0 Å². The van der Waals surface area contributed by atoms with E-state index < -0.39 is 0 Å². The first-order valence-corrected chi connectivity index (χ1v) is 8.82. The van der Waals surface area contributed by atoms with Crippen LogP contribution in [0.3, 0.4) is 0 Å².